The van der Waals surface area contributed by atoms with E-state index in [1.807, 2.05) is 0 Å². The molecule has 0 bridgehead atoms. The highest BCUT2D eigenvalue weighted by Crippen LogP contribution is 2.31. The summed E-state index contributed by atoms with van der Waals surface area (Å²) in [4.78, 5) is 0. The minimum absolute atomic E-state index is 1.16. The lowest BCUT2D eigenvalue weighted by molar-refractivity contribution is 1.54. The molecule has 0 aromatic heterocycles. The van der Waals surface area contributed by atoms with Crippen molar-refractivity contribution in [2.24, 2.45) is 0 Å². The van der Waals surface area contributed by atoms with Gasteiger partial charge in [-0.15, -0.1) is 0 Å². The Balaban J connectivity index is 1.19. The summed E-state index contributed by atoms with van der Waals surface area (Å²) in [6.45, 7) is 0. The smallest absolute Gasteiger partial charge is 0.0105 e. The Morgan fingerprint density at radius 1 is 0.259 bits per heavy atom. The van der Waals surface area contributed by atoms with Gasteiger partial charge in [-0.1, -0.05) is 231 Å². The molecule has 0 saturated carbocycles. The van der Waals surface area contributed by atoms with Gasteiger partial charge in [0, 0.05) is 0 Å². The van der Waals surface area contributed by atoms with Gasteiger partial charge in [0.25, 0.3) is 0 Å². The van der Waals surface area contributed by atoms with E-state index in [1.54, 1.807) is 0 Å². The molecular weight excluding hydrogens is 649 g/mol. The second kappa shape index (κ2) is 16.5. The average Bonchev–Trinajstić information content (AvgIpc) is 3.25. The van der Waals surface area contributed by atoms with E-state index in [0.717, 1.165) is 16.7 Å². The van der Waals surface area contributed by atoms with Crippen molar-refractivity contribution in [1.29, 1.82) is 0 Å². The summed E-state index contributed by atoms with van der Waals surface area (Å²) < 4.78 is 0. The molecule has 54 heavy (non-hydrogen) atoms. The van der Waals surface area contributed by atoms with Crippen LogP contribution in [0.25, 0.3) is 58.4 Å². The SMILES string of the molecule is C(=C(c1ccccc1)c1ccccc1)c1ccccc1/C=C/c1ccc2ccccc2c1/C=C/c1ccccc1C=C(c1ccccc1)c1ccccc1. The number of benzene rings is 8. The minimum atomic E-state index is 1.16. The first-order valence-corrected chi connectivity index (χ1v) is 18.5. The van der Waals surface area contributed by atoms with Gasteiger partial charge < -0.3 is 0 Å². The molecule has 0 amide bonds. The van der Waals surface area contributed by atoms with Crippen molar-refractivity contribution in [1.82, 2.24) is 0 Å². The van der Waals surface area contributed by atoms with E-state index >= 15 is 0 Å². The van der Waals surface area contributed by atoms with Crippen molar-refractivity contribution < 1.29 is 0 Å². The number of hydrogen-bond donors (Lipinski definition) is 0. The van der Waals surface area contributed by atoms with E-state index in [0.29, 0.717) is 0 Å². The maximum absolute atomic E-state index is 2.32. The van der Waals surface area contributed by atoms with Gasteiger partial charge in [0.05, 0.1) is 0 Å². The average molecular weight is 689 g/mol. The lowest BCUT2D eigenvalue weighted by Gasteiger charge is -2.11. The zero-order valence-electron chi connectivity index (χ0n) is 30.1. The number of hydrogen-bond acceptors (Lipinski definition) is 0. The van der Waals surface area contributed by atoms with Crippen LogP contribution in [0.4, 0.5) is 0 Å². The molecule has 0 aliphatic heterocycles. The van der Waals surface area contributed by atoms with Crippen LogP contribution in [-0.4, -0.2) is 0 Å². The lowest BCUT2D eigenvalue weighted by atomic mass is 9.93. The molecule has 0 saturated heterocycles. The fraction of sp³-hybridized carbons (Fsp3) is 0. The minimum Gasteiger partial charge on any atom is -0.0622 e. The zero-order valence-corrected chi connectivity index (χ0v) is 30.1. The highest BCUT2D eigenvalue weighted by atomic mass is 14.1. The molecule has 8 aromatic carbocycles. The second-order valence-electron chi connectivity index (χ2n) is 13.3. The first-order valence-electron chi connectivity index (χ1n) is 18.5. The molecule has 0 nitrogen and oxygen atoms in total. The highest BCUT2D eigenvalue weighted by Gasteiger charge is 2.09. The number of fused-ring (bicyclic) bond motifs is 1. The van der Waals surface area contributed by atoms with E-state index in [1.165, 1.54) is 60.9 Å². The molecule has 0 heterocycles. The molecule has 0 spiro atoms. The summed E-state index contributed by atoms with van der Waals surface area (Å²) >= 11 is 0. The van der Waals surface area contributed by atoms with E-state index < -0.39 is 0 Å². The second-order valence-corrected chi connectivity index (χ2v) is 13.3. The van der Waals surface area contributed by atoms with Crippen LogP contribution in [0.15, 0.2) is 206 Å². The molecule has 0 fully saturated rings. The van der Waals surface area contributed by atoms with E-state index in [4.69, 9.17) is 0 Å². The molecule has 256 valence electrons. The molecule has 0 heteroatoms. The summed E-state index contributed by atoms with van der Waals surface area (Å²) in [5.74, 6) is 0. The molecule has 0 atom stereocenters. The summed E-state index contributed by atoms with van der Waals surface area (Å²) in [6, 6.07) is 73.0. The maximum Gasteiger partial charge on any atom is -0.0105 e. The lowest BCUT2D eigenvalue weighted by Crippen LogP contribution is -1.90. The van der Waals surface area contributed by atoms with Gasteiger partial charge in [0.2, 0.25) is 0 Å². The Labute approximate surface area is 319 Å². The fourth-order valence-electron chi connectivity index (χ4n) is 7.03. The van der Waals surface area contributed by atoms with E-state index in [-0.39, 0.29) is 0 Å². The van der Waals surface area contributed by atoms with Crippen LogP contribution >= 0.6 is 0 Å². The van der Waals surface area contributed by atoms with Gasteiger partial charge in [-0.05, 0) is 89.7 Å². The highest BCUT2D eigenvalue weighted by molar-refractivity contribution is 5.99. The third kappa shape index (κ3) is 7.89. The van der Waals surface area contributed by atoms with Crippen molar-refractivity contribution >= 4 is 58.4 Å². The van der Waals surface area contributed by atoms with Gasteiger partial charge in [0.15, 0.2) is 0 Å². The largest absolute Gasteiger partial charge is 0.0622 e. The quantitative estimate of drug-likeness (QED) is 0.125. The van der Waals surface area contributed by atoms with Gasteiger partial charge in [-0.2, -0.15) is 0 Å². The summed E-state index contributed by atoms with van der Waals surface area (Å²) in [6.07, 6.45) is 13.7. The molecule has 8 aromatic rings. The molecule has 0 aliphatic rings. The molecule has 0 unspecified atom stereocenters. The van der Waals surface area contributed by atoms with Crippen LogP contribution in [0.3, 0.4) is 0 Å². The van der Waals surface area contributed by atoms with Gasteiger partial charge >= 0.3 is 0 Å². The van der Waals surface area contributed by atoms with Crippen LogP contribution in [0.2, 0.25) is 0 Å². The molecule has 0 radical (unpaired) electrons. The normalized spacial score (nSPS) is 11.2. The van der Waals surface area contributed by atoms with Crippen LogP contribution < -0.4 is 0 Å². The Hall–Kier alpha value is -7.02. The Bertz CT molecular complexity index is 2520. The standard InChI is InChI=1S/C54H40/c1-5-21-43(22-6-1)53(44-23-7-2-8-24-44)39-49-30-15-13-19-41(49)33-34-48-36-35-47-29-17-18-32-51(47)52(48)38-37-42-20-14-16-31-50(42)40-54(45-25-9-3-10-26-45)46-27-11-4-12-28-46/h1-40H/b34-33+,38-37+. The Kier molecular flexibility index (Phi) is 10.4. The van der Waals surface area contributed by atoms with Gasteiger partial charge in [-0.3, -0.25) is 0 Å². The van der Waals surface area contributed by atoms with Crippen molar-refractivity contribution in [3.8, 4) is 0 Å². The molecule has 0 aliphatic carbocycles. The third-order valence-corrected chi connectivity index (χ3v) is 9.81. The summed E-state index contributed by atoms with van der Waals surface area (Å²) in [5.41, 5.74) is 14.2. The molecule has 8 rings (SSSR count). The summed E-state index contributed by atoms with van der Waals surface area (Å²) in [7, 11) is 0. The van der Waals surface area contributed by atoms with E-state index in [9.17, 15) is 0 Å². The predicted octanol–water partition coefficient (Wildman–Crippen LogP) is 14.4. The van der Waals surface area contributed by atoms with Gasteiger partial charge in [0.1, 0.15) is 0 Å². The third-order valence-electron chi connectivity index (χ3n) is 9.81. The summed E-state index contributed by atoms with van der Waals surface area (Å²) in [5, 5.41) is 2.44. The van der Waals surface area contributed by atoms with Crippen LogP contribution in [0, 0.1) is 0 Å². The molecular formula is C54H40. The Morgan fingerprint density at radius 2 is 0.611 bits per heavy atom. The Morgan fingerprint density at radius 3 is 1.07 bits per heavy atom. The van der Waals surface area contributed by atoms with E-state index in [2.05, 4.69) is 243 Å². The van der Waals surface area contributed by atoms with Crippen LogP contribution in [0.5, 0.6) is 0 Å². The monoisotopic (exact) mass is 688 g/mol. The van der Waals surface area contributed by atoms with Crippen molar-refractivity contribution in [3.63, 3.8) is 0 Å². The van der Waals surface area contributed by atoms with Crippen molar-refractivity contribution in [3.05, 3.63) is 262 Å². The predicted molar refractivity (Wildman–Crippen MR) is 234 cm³/mol. The number of rotatable bonds is 10. The fourth-order valence-corrected chi connectivity index (χ4v) is 7.03. The topological polar surface area (TPSA) is 0 Å². The molecule has 0 N–H and O–H groups in total. The van der Waals surface area contributed by atoms with Gasteiger partial charge in [-0.25, -0.2) is 0 Å². The first-order chi connectivity index (χ1) is 26.8. The van der Waals surface area contributed by atoms with Crippen molar-refractivity contribution in [2.75, 3.05) is 0 Å². The van der Waals surface area contributed by atoms with Crippen LogP contribution in [-0.2, 0) is 0 Å². The maximum atomic E-state index is 2.32. The zero-order chi connectivity index (χ0) is 36.4. The first kappa shape index (κ1) is 34.1. The van der Waals surface area contributed by atoms with Crippen molar-refractivity contribution in [2.45, 2.75) is 0 Å². The van der Waals surface area contributed by atoms with Crippen LogP contribution in [0.1, 0.15) is 55.6 Å².